The van der Waals surface area contributed by atoms with E-state index >= 15 is 0 Å². The van der Waals surface area contributed by atoms with Crippen molar-refractivity contribution in [1.29, 1.82) is 0 Å². The summed E-state index contributed by atoms with van der Waals surface area (Å²) in [6, 6.07) is 3.70. The number of aromatic nitrogens is 2. The van der Waals surface area contributed by atoms with Crippen LogP contribution >= 0.6 is 11.3 Å². The molecule has 7 nitrogen and oxygen atoms in total. The zero-order valence-corrected chi connectivity index (χ0v) is 17.5. The van der Waals surface area contributed by atoms with Crippen LogP contribution in [0.2, 0.25) is 0 Å². The van der Waals surface area contributed by atoms with E-state index in [1.165, 1.54) is 23.8 Å². The average Bonchev–Trinajstić information content (AvgIpc) is 3.40. The van der Waals surface area contributed by atoms with E-state index in [9.17, 15) is 13.2 Å². The predicted molar refractivity (Wildman–Crippen MR) is 109 cm³/mol. The van der Waals surface area contributed by atoms with Gasteiger partial charge in [-0.3, -0.25) is 4.79 Å². The van der Waals surface area contributed by atoms with Gasteiger partial charge in [0.05, 0.1) is 16.8 Å². The Morgan fingerprint density at radius 1 is 1.21 bits per heavy atom. The number of amides is 1. The van der Waals surface area contributed by atoms with Gasteiger partial charge in [-0.15, -0.1) is 11.3 Å². The molecule has 2 aromatic heterocycles. The number of anilines is 1. The summed E-state index contributed by atoms with van der Waals surface area (Å²) < 4.78 is 24.7. The quantitative estimate of drug-likeness (QED) is 0.756. The number of hydrogen-bond acceptors (Lipinski definition) is 7. The summed E-state index contributed by atoms with van der Waals surface area (Å²) in [4.78, 5) is 26.6. The van der Waals surface area contributed by atoms with Crippen LogP contribution in [0.15, 0.2) is 28.6 Å². The Balaban J connectivity index is 1.65. The number of hydrogen-bond donors (Lipinski definition) is 0. The van der Waals surface area contributed by atoms with Gasteiger partial charge in [0.15, 0.2) is 9.84 Å². The molecule has 2 aliphatic heterocycles. The molecule has 0 N–H and O–H groups in total. The fourth-order valence-electron chi connectivity index (χ4n) is 3.96. The molecule has 0 bridgehead atoms. The Bertz CT molecular complexity index is 954. The maximum absolute atomic E-state index is 12.8. The Morgan fingerprint density at radius 3 is 2.68 bits per heavy atom. The number of sulfone groups is 1. The molecule has 2 aliphatic rings. The van der Waals surface area contributed by atoms with Crippen LogP contribution in [-0.2, 0) is 9.84 Å². The zero-order valence-electron chi connectivity index (χ0n) is 15.9. The molecule has 0 spiro atoms. The SMILES string of the molecule is CS(=O)(=O)c1cnc(N2CCCC2)nc1[C@@H]1CCCN(C(=O)c2cccs2)C1. The molecule has 2 saturated heterocycles. The lowest BCUT2D eigenvalue weighted by atomic mass is 9.94. The topological polar surface area (TPSA) is 83.5 Å². The van der Waals surface area contributed by atoms with Crippen LogP contribution in [0.4, 0.5) is 5.95 Å². The van der Waals surface area contributed by atoms with Crippen molar-refractivity contribution >= 4 is 33.0 Å². The van der Waals surface area contributed by atoms with Crippen molar-refractivity contribution < 1.29 is 13.2 Å². The highest BCUT2D eigenvalue weighted by Crippen LogP contribution is 2.32. The van der Waals surface area contributed by atoms with Crippen molar-refractivity contribution in [2.75, 3.05) is 37.3 Å². The minimum absolute atomic E-state index is 0.00873. The van der Waals surface area contributed by atoms with Crippen molar-refractivity contribution in [3.63, 3.8) is 0 Å². The summed E-state index contributed by atoms with van der Waals surface area (Å²) in [5.74, 6) is 0.503. The van der Waals surface area contributed by atoms with Gasteiger partial charge in [0.25, 0.3) is 5.91 Å². The number of thiophene rings is 1. The van der Waals surface area contributed by atoms with Crippen LogP contribution < -0.4 is 4.90 Å². The molecule has 28 heavy (non-hydrogen) atoms. The third kappa shape index (κ3) is 3.91. The Hall–Kier alpha value is -2.00. The molecule has 4 rings (SSSR count). The van der Waals surface area contributed by atoms with Gasteiger partial charge in [0.1, 0.15) is 4.90 Å². The van der Waals surface area contributed by atoms with Gasteiger partial charge in [0.2, 0.25) is 5.95 Å². The van der Waals surface area contributed by atoms with Gasteiger partial charge in [-0.05, 0) is 37.1 Å². The number of carbonyl (C=O) groups excluding carboxylic acids is 1. The highest BCUT2D eigenvalue weighted by Gasteiger charge is 2.31. The number of nitrogens with zero attached hydrogens (tertiary/aromatic N) is 4. The van der Waals surface area contributed by atoms with Crippen molar-refractivity contribution in [3.8, 4) is 0 Å². The van der Waals surface area contributed by atoms with Crippen molar-refractivity contribution in [3.05, 3.63) is 34.3 Å². The van der Waals surface area contributed by atoms with Crippen LogP contribution in [0.25, 0.3) is 0 Å². The van der Waals surface area contributed by atoms with E-state index in [-0.39, 0.29) is 16.7 Å². The van der Waals surface area contributed by atoms with E-state index in [0.717, 1.165) is 38.8 Å². The van der Waals surface area contributed by atoms with E-state index in [1.807, 2.05) is 22.4 Å². The van der Waals surface area contributed by atoms with Gasteiger partial charge < -0.3 is 9.80 Å². The monoisotopic (exact) mass is 420 g/mol. The first-order valence-electron chi connectivity index (χ1n) is 9.58. The fourth-order valence-corrected chi connectivity index (χ4v) is 5.49. The molecule has 2 aromatic rings. The first-order valence-corrected chi connectivity index (χ1v) is 12.4. The Morgan fingerprint density at radius 2 is 2.00 bits per heavy atom. The molecule has 150 valence electrons. The third-order valence-electron chi connectivity index (χ3n) is 5.39. The molecular formula is C19H24N4O3S2. The lowest BCUT2D eigenvalue weighted by molar-refractivity contribution is 0.0710. The van der Waals surface area contributed by atoms with E-state index in [1.54, 1.807) is 0 Å². The molecule has 0 aliphatic carbocycles. The summed E-state index contributed by atoms with van der Waals surface area (Å²) >= 11 is 1.43. The molecule has 2 fully saturated rings. The molecule has 0 saturated carbocycles. The minimum atomic E-state index is -3.45. The largest absolute Gasteiger partial charge is 0.341 e. The predicted octanol–water partition coefficient (Wildman–Crippen LogP) is 2.56. The fraction of sp³-hybridized carbons (Fsp3) is 0.526. The highest BCUT2D eigenvalue weighted by atomic mass is 32.2. The molecule has 0 unspecified atom stereocenters. The second-order valence-electron chi connectivity index (χ2n) is 7.45. The summed E-state index contributed by atoms with van der Waals surface area (Å²) in [5, 5.41) is 1.89. The standard InChI is InChI=1S/C19H24N4O3S2/c1-28(25,26)16-12-20-19(22-8-2-3-9-22)21-17(16)14-6-4-10-23(13-14)18(24)15-7-5-11-27-15/h5,7,11-12,14H,2-4,6,8-10,13H2,1H3/t14-/m1/s1. The van der Waals surface area contributed by atoms with Gasteiger partial charge in [-0.1, -0.05) is 6.07 Å². The smallest absolute Gasteiger partial charge is 0.263 e. The van der Waals surface area contributed by atoms with E-state index < -0.39 is 9.84 Å². The van der Waals surface area contributed by atoms with Crippen molar-refractivity contribution in [1.82, 2.24) is 14.9 Å². The lowest BCUT2D eigenvalue weighted by Crippen LogP contribution is -2.39. The molecular weight excluding hydrogens is 396 g/mol. The minimum Gasteiger partial charge on any atom is -0.341 e. The number of carbonyl (C=O) groups is 1. The van der Waals surface area contributed by atoms with Crippen LogP contribution in [0.5, 0.6) is 0 Å². The average molecular weight is 421 g/mol. The van der Waals surface area contributed by atoms with E-state index in [4.69, 9.17) is 4.98 Å². The number of piperidine rings is 1. The Labute approximate surface area is 169 Å². The molecule has 0 aromatic carbocycles. The Kier molecular flexibility index (Phi) is 5.37. The number of rotatable bonds is 4. The summed E-state index contributed by atoms with van der Waals surface area (Å²) in [5.41, 5.74) is 0.558. The van der Waals surface area contributed by atoms with Gasteiger partial charge in [-0.25, -0.2) is 18.4 Å². The third-order valence-corrected chi connectivity index (χ3v) is 7.36. The van der Waals surface area contributed by atoms with Gasteiger partial charge >= 0.3 is 0 Å². The summed E-state index contributed by atoms with van der Waals surface area (Å²) in [7, 11) is -3.45. The maximum Gasteiger partial charge on any atom is 0.263 e. The molecule has 9 heteroatoms. The van der Waals surface area contributed by atoms with Crippen LogP contribution in [0.1, 0.15) is 47.0 Å². The molecule has 1 atom stereocenters. The van der Waals surface area contributed by atoms with E-state index in [2.05, 4.69) is 9.88 Å². The van der Waals surface area contributed by atoms with Gasteiger partial charge in [-0.2, -0.15) is 0 Å². The van der Waals surface area contributed by atoms with Crippen LogP contribution in [0, 0.1) is 0 Å². The highest BCUT2D eigenvalue weighted by molar-refractivity contribution is 7.90. The maximum atomic E-state index is 12.8. The van der Waals surface area contributed by atoms with Crippen LogP contribution in [0.3, 0.4) is 0 Å². The summed E-state index contributed by atoms with van der Waals surface area (Å²) in [6.45, 7) is 2.96. The first kappa shape index (κ1) is 19.3. The number of likely N-dealkylation sites (tertiary alicyclic amines) is 1. The normalized spacial score (nSPS) is 20.5. The van der Waals surface area contributed by atoms with E-state index in [0.29, 0.717) is 29.6 Å². The molecule has 1 amide bonds. The van der Waals surface area contributed by atoms with Crippen LogP contribution in [-0.4, -0.2) is 61.6 Å². The van der Waals surface area contributed by atoms with Crippen molar-refractivity contribution in [2.24, 2.45) is 0 Å². The zero-order chi connectivity index (χ0) is 19.7. The first-order chi connectivity index (χ1) is 13.4. The molecule has 4 heterocycles. The summed E-state index contributed by atoms with van der Waals surface area (Å²) in [6.07, 6.45) is 6.48. The van der Waals surface area contributed by atoms with Crippen molar-refractivity contribution in [2.45, 2.75) is 36.5 Å². The lowest BCUT2D eigenvalue weighted by Gasteiger charge is -2.33. The van der Waals surface area contributed by atoms with Gasteiger partial charge in [0, 0.05) is 38.4 Å². The molecule has 0 radical (unpaired) electrons. The second-order valence-corrected chi connectivity index (χ2v) is 10.4. The second kappa shape index (κ2) is 7.79.